The summed E-state index contributed by atoms with van der Waals surface area (Å²) < 4.78 is 0. The zero-order valence-corrected chi connectivity index (χ0v) is 8.19. The van der Waals surface area contributed by atoms with Gasteiger partial charge in [-0.3, -0.25) is 4.79 Å². The number of hydrogen-bond acceptors (Lipinski definition) is 5. The largest absolute Gasteiger partial charge is 0.382 e. The lowest BCUT2D eigenvalue weighted by molar-refractivity contribution is 0.0998. The third kappa shape index (κ3) is 2.44. The summed E-state index contributed by atoms with van der Waals surface area (Å²) in [7, 11) is 0. The number of amides is 1. The zero-order chi connectivity index (χ0) is 11.6. The molecule has 0 atom stereocenters. The van der Waals surface area contributed by atoms with E-state index in [1.54, 1.807) is 0 Å². The summed E-state index contributed by atoms with van der Waals surface area (Å²) in [6.07, 6.45) is 0. The first-order valence-electron chi connectivity index (χ1n) is 3.64. The van der Waals surface area contributed by atoms with Crippen molar-refractivity contribution in [3.8, 4) is 0 Å². The molecule has 1 aromatic heterocycles. The van der Waals surface area contributed by atoms with E-state index in [-0.39, 0.29) is 22.5 Å². The van der Waals surface area contributed by atoms with Gasteiger partial charge in [-0.2, -0.15) is 4.99 Å². The molecule has 1 aromatic rings. The fraction of sp³-hybridized carbons (Fsp3) is 0. The summed E-state index contributed by atoms with van der Waals surface area (Å²) >= 11 is 5.55. The number of anilines is 2. The topological polar surface area (TPSA) is 159 Å². The first-order chi connectivity index (χ1) is 6.91. The van der Waals surface area contributed by atoms with Crippen LogP contribution in [0.3, 0.4) is 0 Å². The summed E-state index contributed by atoms with van der Waals surface area (Å²) in [5.41, 5.74) is 20.5. The molecule has 0 saturated heterocycles. The van der Waals surface area contributed by atoms with Crippen LogP contribution in [0.4, 0.5) is 11.6 Å². The first kappa shape index (κ1) is 11.0. The molecule has 1 heterocycles. The van der Waals surface area contributed by atoms with Crippen molar-refractivity contribution >= 4 is 35.1 Å². The Hall–Kier alpha value is -2.09. The quantitative estimate of drug-likeness (QED) is 0.266. The van der Waals surface area contributed by atoms with Gasteiger partial charge < -0.3 is 22.9 Å². The maximum absolute atomic E-state index is 11.3. The molecule has 0 aliphatic carbocycles. The van der Waals surface area contributed by atoms with Crippen molar-refractivity contribution in [2.75, 3.05) is 11.5 Å². The van der Waals surface area contributed by atoms with Gasteiger partial charge in [0.1, 0.15) is 0 Å². The van der Waals surface area contributed by atoms with E-state index in [4.69, 9.17) is 34.5 Å². The molecule has 0 aromatic carbocycles. The maximum Gasteiger partial charge on any atom is 0.302 e. The van der Waals surface area contributed by atoms with Gasteiger partial charge in [0.2, 0.25) is 0 Å². The third-order valence-corrected chi connectivity index (χ3v) is 1.62. The first-order valence-corrected chi connectivity index (χ1v) is 4.02. The van der Waals surface area contributed by atoms with Crippen LogP contribution < -0.4 is 22.9 Å². The number of nitrogens with two attached hydrogens (primary N) is 4. The van der Waals surface area contributed by atoms with Gasteiger partial charge in [0.25, 0.3) is 0 Å². The summed E-state index contributed by atoms with van der Waals surface area (Å²) in [4.78, 5) is 21.7. The summed E-state index contributed by atoms with van der Waals surface area (Å²) in [6.45, 7) is 0. The smallest absolute Gasteiger partial charge is 0.302 e. The number of nitrogen functional groups attached to an aromatic ring is 2. The molecule has 0 aliphatic rings. The van der Waals surface area contributed by atoms with Crippen molar-refractivity contribution in [3.05, 3.63) is 10.8 Å². The number of aromatic nitrogens is 2. The van der Waals surface area contributed by atoms with Crippen LogP contribution in [0.15, 0.2) is 4.99 Å². The van der Waals surface area contributed by atoms with Crippen molar-refractivity contribution in [3.63, 3.8) is 0 Å². The van der Waals surface area contributed by atoms with E-state index in [9.17, 15) is 4.79 Å². The molecule has 8 nitrogen and oxygen atoms in total. The molecule has 0 unspecified atom stereocenters. The van der Waals surface area contributed by atoms with Gasteiger partial charge in [-0.05, 0) is 0 Å². The van der Waals surface area contributed by atoms with E-state index in [1.165, 1.54) is 0 Å². The van der Waals surface area contributed by atoms with E-state index < -0.39 is 11.9 Å². The second-order valence-electron chi connectivity index (χ2n) is 2.48. The van der Waals surface area contributed by atoms with Gasteiger partial charge >= 0.3 is 5.91 Å². The van der Waals surface area contributed by atoms with Crippen molar-refractivity contribution < 1.29 is 4.79 Å². The minimum absolute atomic E-state index is 0.0737. The van der Waals surface area contributed by atoms with Gasteiger partial charge in [0, 0.05) is 0 Å². The van der Waals surface area contributed by atoms with E-state index >= 15 is 0 Å². The molecule has 0 spiro atoms. The number of carbonyl (C=O) groups is 1. The van der Waals surface area contributed by atoms with Crippen LogP contribution in [0.2, 0.25) is 5.15 Å². The summed E-state index contributed by atoms with van der Waals surface area (Å²) in [5.74, 6) is -1.50. The number of hydrogen-bond donors (Lipinski definition) is 4. The van der Waals surface area contributed by atoms with Gasteiger partial charge in [0.05, 0.1) is 0 Å². The second-order valence-corrected chi connectivity index (χ2v) is 2.83. The Morgan fingerprint density at radius 2 is 1.80 bits per heavy atom. The number of carbonyl (C=O) groups excluding carboxylic acids is 1. The number of nitrogens with zero attached hydrogens (tertiary/aromatic N) is 3. The highest BCUT2D eigenvalue weighted by Crippen LogP contribution is 2.17. The predicted molar refractivity (Wildman–Crippen MR) is 56.0 cm³/mol. The maximum atomic E-state index is 11.3. The molecule has 0 saturated carbocycles. The highest BCUT2D eigenvalue weighted by Gasteiger charge is 2.15. The molecule has 8 N–H and O–H groups in total. The molecular weight excluding hydrogens is 225 g/mol. The lowest BCUT2D eigenvalue weighted by Gasteiger charge is -2.02. The summed E-state index contributed by atoms with van der Waals surface area (Å²) in [5, 5.41) is -0.140. The SMILES string of the molecule is Nc1nc(N)c(C(=O)[15N]=C([15NH2])[15NH2])nc1Cl. The molecular formula is C6H8ClN7O. The number of rotatable bonds is 1. The van der Waals surface area contributed by atoms with E-state index in [2.05, 4.69) is 15.0 Å². The fourth-order valence-electron chi connectivity index (χ4n) is 0.769. The van der Waals surface area contributed by atoms with Crippen molar-refractivity contribution in [1.29, 1.82) is 0 Å². The van der Waals surface area contributed by atoms with Crippen LogP contribution in [0.5, 0.6) is 0 Å². The van der Waals surface area contributed by atoms with Gasteiger partial charge in [0.15, 0.2) is 28.4 Å². The van der Waals surface area contributed by atoms with E-state index in [0.29, 0.717) is 0 Å². The average molecular weight is 233 g/mol. The lowest BCUT2D eigenvalue weighted by atomic mass is 10.4. The van der Waals surface area contributed by atoms with Gasteiger partial charge in [-0.1, -0.05) is 11.6 Å². The van der Waals surface area contributed by atoms with Crippen LogP contribution in [-0.2, 0) is 0 Å². The standard InChI is InChI=1S/C6H8ClN7O/c7-2-4(9)13-3(8)1(12-2)5(15)14-6(10)11/h(H4,8,9,13)(H4,10,11,14,15)/i10+1,11+1,14+1. The molecule has 0 aliphatic heterocycles. The van der Waals surface area contributed by atoms with E-state index in [0.717, 1.165) is 0 Å². The Balaban J connectivity index is 3.21. The minimum atomic E-state index is -0.832. The Morgan fingerprint density at radius 1 is 1.20 bits per heavy atom. The van der Waals surface area contributed by atoms with Crippen molar-refractivity contribution in [1.82, 2.24) is 9.97 Å². The summed E-state index contributed by atoms with van der Waals surface area (Å²) in [6, 6.07) is 0. The van der Waals surface area contributed by atoms with E-state index in [1.807, 2.05) is 0 Å². The Bertz CT molecular complexity index is 439. The monoisotopic (exact) mass is 232 g/mol. The van der Waals surface area contributed by atoms with Crippen LogP contribution >= 0.6 is 11.6 Å². The lowest BCUT2D eigenvalue weighted by Crippen LogP contribution is -2.24. The zero-order valence-electron chi connectivity index (χ0n) is 7.44. The van der Waals surface area contributed by atoms with Crippen LogP contribution in [0.1, 0.15) is 10.5 Å². The molecule has 0 bridgehead atoms. The third-order valence-electron chi connectivity index (χ3n) is 1.34. The minimum Gasteiger partial charge on any atom is -0.382 e. The van der Waals surface area contributed by atoms with Crippen LogP contribution in [-0.4, -0.2) is 21.8 Å². The normalized spacial score (nSPS) is 9.67. The predicted octanol–water partition coefficient (Wildman–Crippen LogP) is -1.29. The Labute approximate surface area is 89.3 Å². The van der Waals surface area contributed by atoms with Crippen LogP contribution in [0, 0.1) is 0 Å². The molecule has 0 radical (unpaired) electrons. The average Bonchev–Trinajstić information content (AvgIpc) is 2.09. The van der Waals surface area contributed by atoms with Gasteiger partial charge in [-0.25, -0.2) is 9.97 Å². The highest BCUT2D eigenvalue weighted by molar-refractivity contribution is 6.31. The van der Waals surface area contributed by atoms with Crippen molar-refractivity contribution in [2.45, 2.75) is 0 Å². The second kappa shape index (κ2) is 3.96. The molecule has 1 amide bonds. The Morgan fingerprint density at radius 3 is 2.33 bits per heavy atom. The number of halogens is 1. The number of aliphatic imine (C=N–C) groups is 1. The van der Waals surface area contributed by atoms with Gasteiger partial charge in [-0.15, -0.1) is 0 Å². The molecule has 0 fully saturated rings. The molecule has 15 heavy (non-hydrogen) atoms. The molecule has 1 rings (SSSR count). The Kier molecular flexibility index (Phi) is 2.90. The van der Waals surface area contributed by atoms with Crippen molar-refractivity contribution in [2.24, 2.45) is 16.5 Å². The van der Waals surface area contributed by atoms with Crippen LogP contribution in [0.25, 0.3) is 0 Å². The fourth-order valence-corrected chi connectivity index (χ4v) is 0.896. The molecule has 80 valence electrons. The highest BCUT2D eigenvalue weighted by atomic mass is 35.5. The molecule has 9 heteroatoms. The number of guanidine groups is 1.